The smallest absolute Gasteiger partial charge is 0.356 e. The highest BCUT2D eigenvalue weighted by Crippen LogP contribution is 2.19. The Labute approximate surface area is 123 Å². The molecule has 1 unspecified atom stereocenters. The van der Waals surface area contributed by atoms with Gasteiger partial charge in [0.2, 0.25) is 0 Å². The van der Waals surface area contributed by atoms with Gasteiger partial charge in [-0.1, -0.05) is 37.3 Å². The van der Waals surface area contributed by atoms with Gasteiger partial charge < -0.3 is 10.6 Å². The second-order valence-corrected chi connectivity index (χ2v) is 4.76. The second kappa shape index (κ2) is 8.54. The summed E-state index contributed by atoms with van der Waals surface area (Å²) < 4.78 is 36.3. The molecule has 0 spiro atoms. The van der Waals surface area contributed by atoms with Crippen LogP contribution in [0.1, 0.15) is 31.2 Å². The summed E-state index contributed by atoms with van der Waals surface area (Å²) in [4.78, 5) is 3.93. The molecule has 0 saturated carbocycles. The van der Waals surface area contributed by atoms with E-state index in [0.717, 1.165) is 6.42 Å². The number of nitrogens with one attached hydrogen (secondary N) is 2. The lowest BCUT2D eigenvalue weighted by Gasteiger charge is -2.18. The Bertz CT molecular complexity index is 430. The maximum Gasteiger partial charge on any atom is 0.390 e. The molecule has 2 N–H and O–H groups in total. The van der Waals surface area contributed by atoms with E-state index in [9.17, 15) is 13.2 Å². The first-order chi connectivity index (χ1) is 9.96. The molecule has 3 nitrogen and oxygen atoms in total. The van der Waals surface area contributed by atoms with Gasteiger partial charge in [-0.15, -0.1) is 0 Å². The molecular formula is C15H22F3N3. The quantitative estimate of drug-likeness (QED) is 0.625. The molecule has 0 heterocycles. The van der Waals surface area contributed by atoms with E-state index in [-0.39, 0.29) is 6.54 Å². The molecule has 21 heavy (non-hydrogen) atoms. The normalized spacial score (nSPS) is 13.9. The molecule has 1 aromatic carbocycles. The van der Waals surface area contributed by atoms with Crippen LogP contribution < -0.4 is 10.6 Å². The van der Waals surface area contributed by atoms with Crippen LogP contribution in [0.25, 0.3) is 0 Å². The van der Waals surface area contributed by atoms with Crippen LogP contribution in [0, 0.1) is 0 Å². The maximum atomic E-state index is 12.1. The average Bonchev–Trinajstić information content (AvgIpc) is 2.46. The van der Waals surface area contributed by atoms with Gasteiger partial charge in [0, 0.05) is 26.1 Å². The molecule has 0 saturated heterocycles. The average molecular weight is 301 g/mol. The first-order valence-electron chi connectivity index (χ1n) is 7.02. The lowest BCUT2D eigenvalue weighted by molar-refractivity contribution is -0.132. The van der Waals surface area contributed by atoms with E-state index in [1.165, 1.54) is 5.56 Å². The molecule has 0 aliphatic carbocycles. The second-order valence-electron chi connectivity index (χ2n) is 4.76. The molecule has 1 rings (SSSR count). The molecule has 0 radical (unpaired) electrons. The molecule has 0 fully saturated rings. The largest absolute Gasteiger partial charge is 0.390 e. The molecule has 0 aliphatic rings. The van der Waals surface area contributed by atoms with Crippen molar-refractivity contribution in [1.29, 1.82) is 0 Å². The van der Waals surface area contributed by atoms with Gasteiger partial charge >= 0.3 is 6.18 Å². The topological polar surface area (TPSA) is 36.4 Å². The summed E-state index contributed by atoms with van der Waals surface area (Å²) in [7, 11) is 1.55. The number of aliphatic imine (C=N–C) groups is 1. The van der Waals surface area contributed by atoms with Crippen LogP contribution >= 0.6 is 0 Å². The van der Waals surface area contributed by atoms with E-state index in [1.54, 1.807) is 7.05 Å². The number of rotatable bonds is 6. The third kappa shape index (κ3) is 7.02. The zero-order valence-electron chi connectivity index (χ0n) is 12.4. The molecule has 0 aromatic heterocycles. The minimum absolute atomic E-state index is 0.175. The summed E-state index contributed by atoms with van der Waals surface area (Å²) in [5.74, 6) is 0.695. The van der Waals surface area contributed by atoms with Crippen molar-refractivity contribution in [2.24, 2.45) is 4.99 Å². The summed E-state index contributed by atoms with van der Waals surface area (Å²) in [6.07, 6.45) is -4.08. The van der Waals surface area contributed by atoms with Crippen molar-refractivity contribution >= 4 is 5.96 Å². The minimum atomic E-state index is -4.15. The van der Waals surface area contributed by atoms with E-state index < -0.39 is 12.6 Å². The lowest BCUT2D eigenvalue weighted by atomic mass is 9.97. The van der Waals surface area contributed by atoms with Gasteiger partial charge in [0.15, 0.2) is 5.96 Å². The van der Waals surface area contributed by atoms with Crippen LogP contribution in [0.3, 0.4) is 0 Å². The predicted molar refractivity (Wildman–Crippen MR) is 79.5 cm³/mol. The highest BCUT2D eigenvalue weighted by atomic mass is 19.4. The molecule has 0 aliphatic heterocycles. The summed E-state index contributed by atoms with van der Waals surface area (Å²) in [6, 6.07) is 10.0. The number of halogens is 3. The van der Waals surface area contributed by atoms with Crippen LogP contribution in [0.2, 0.25) is 0 Å². The van der Waals surface area contributed by atoms with Crippen LogP contribution in [0.15, 0.2) is 35.3 Å². The van der Waals surface area contributed by atoms with Crippen molar-refractivity contribution in [1.82, 2.24) is 10.6 Å². The molecule has 1 atom stereocenters. The zero-order valence-corrected chi connectivity index (χ0v) is 12.4. The van der Waals surface area contributed by atoms with E-state index in [1.807, 2.05) is 18.2 Å². The van der Waals surface area contributed by atoms with Crippen molar-refractivity contribution in [3.8, 4) is 0 Å². The Morgan fingerprint density at radius 1 is 1.19 bits per heavy atom. The Balaban J connectivity index is 2.43. The number of nitrogens with zero attached hydrogens (tertiary/aromatic N) is 1. The minimum Gasteiger partial charge on any atom is -0.356 e. The van der Waals surface area contributed by atoms with E-state index >= 15 is 0 Å². The summed E-state index contributed by atoms with van der Waals surface area (Å²) in [5.41, 5.74) is 1.21. The first kappa shape index (κ1) is 17.3. The Morgan fingerprint density at radius 2 is 1.86 bits per heavy atom. The van der Waals surface area contributed by atoms with Gasteiger partial charge in [-0.25, -0.2) is 0 Å². The molecule has 1 aromatic rings. The molecule has 118 valence electrons. The summed E-state index contributed by atoms with van der Waals surface area (Å²) in [6.45, 7) is 2.54. The summed E-state index contributed by atoms with van der Waals surface area (Å²) >= 11 is 0. The van der Waals surface area contributed by atoms with Gasteiger partial charge in [0.05, 0.1) is 6.42 Å². The fourth-order valence-electron chi connectivity index (χ4n) is 1.99. The standard InChI is InChI=1S/C15H22F3N3/c1-3-12(13-7-5-4-6-8-13)11-21-14(19-2)20-10-9-15(16,17)18/h4-8,12H,3,9-11H2,1-2H3,(H2,19,20,21). The monoisotopic (exact) mass is 301 g/mol. The van der Waals surface area contributed by atoms with Crippen molar-refractivity contribution < 1.29 is 13.2 Å². The van der Waals surface area contributed by atoms with Crippen molar-refractivity contribution in [2.75, 3.05) is 20.1 Å². The molecular weight excluding hydrogens is 279 g/mol. The van der Waals surface area contributed by atoms with Crippen molar-refractivity contribution in [2.45, 2.75) is 31.9 Å². The number of hydrogen-bond donors (Lipinski definition) is 2. The van der Waals surface area contributed by atoms with E-state index in [2.05, 4.69) is 34.7 Å². The van der Waals surface area contributed by atoms with E-state index in [0.29, 0.717) is 18.4 Å². The van der Waals surface area contributed by atoms with Crippen LogP contribution in [0.4, 0.5) is 13.2 Å². The Kier molecular flexibility index (Phi) is 7.05. The van der Waals surface area contributed by atoms with Gasteiger partial charge in [0.25, 0.3) is 0 Å². The van der Waals surface area contributed by atoms with Gasteiger partial charge in [-0.2, -0.15) is 13.2 Å². The van der Waals surface area contributed by atoms with E-state index in [4.69, 9.17) is 0 Å². The van der Waals surface area contributed by atoms with Crippen molar-refractivity contribution in [3.63, 3.8) is 0 Å². The Hall–Kier alpha value is -1.72. The predicted octanol–water partition coefficient (Wildman–Crippen LogP) is 3.30. The number of hydrogen-bond acceptors (Lipinski definition) is 1. The fraction of sp³-hybridized carbons (Fsp3) is 0.533. The van der Waals surface area contributed by atoms with Gasteiger partial charge in [-0.05, 0) is 12.0 Å². The van der Waals surface area contributed by atoms with Crippen LogP contribution in [-0.4, -0.2) is 32.3 Å². The molecule has 6 heteroatoms. The number of benzene rings is 1. The maximum absolute atomic E-state index is 12.1. The van der Waals surface area contributed by atoms with Crippen molar-refractivity contribution in [3.05, 3.63) is 35.9 Å². The van der Waals surface area contributed by atoms with Gasteiger partial charge in [-0.3, -0.25) is 4.99 Å². The molecule has 0 amide bonds. The number of guanidine groups is 1. The third-order valence-corrected chi connectivity index (χ3v) is 3.20. The highest BCUT2D eigenvalue weighted by molar-refractivity contribution is 5.79. The van der Waals surface area contributed by atoms with Gasteiger partial charge in [0.1, 0.15) is 0 Å². The SMILES string of the molecule is CCC(CNC(=NC)NCCC(F)(F)F)c1ccccc1. The zero-order chi connectivity index (χ0) is 15.7. The lowest BCUT2D eigenvalue weighted by Crippen LogP contribution is -2.40. The van der Waals surface area contributed by atoms with Crippen LogP contribution in [0.5, 0.6) is 0 Å². The third-order valence-electron chi connectivity index (χ3n) is 3.20. The molecule has 0 bridgehead atoms. The summed E-state index contributed by atoms with van der Waals surface area (Å²) in [5, 5.41) is 5.75. The highest BCUT2D eigenvalue weighted by Gasteiger charge is 2.26. The van der Waals surface area contributed by atoms with Crippen LogP contribution in [-0.2, 0) is 0 Å². The number of alkyl halides is 3. The fourth-order valence-corrected chi connectivity index (χ4v) is 1.99. The first-order valence-corrected chi connectivity index (χ1v) is 7.02. The Morgan fingerprint density at radius 3 is 2.38 bits per heavy atom.